The smallest absolute Gasteiger partial charge is 0.0807 e. The fraction of sp³-hybridized carbons (Fsp3) is 0.333. The van der Waals surface area contributed by atoms with Gasteiger partial charge in [0, 0.05) is 22.7 Å². The molecule has 0 spiro atoms. The first-order valence-electron chi connectivity index (χ1n) is 9.95. The standard InChI is InChI=1S/C24H26S4/c1-3-19-20(4-2)26-23(25-19)24-27-21(15-17-11-7-5-8-12-17)22(28-24)16-18-13-9-6-10-14-18/h5-14,23-24H,3-4,15-16H2,1-2H3. The molecule has 0 nitrogen and oxygen atoms in total. The average Bonchev–Trinajstić information content (AvgIpc) is 3.33. The molecule has 0 fully saturated rings. The van der Waals surface area contributed by atoms with Gasteiger partial charge in [-0.2, -0.15) is 0 Å². The summed E-state index contributed by atoms with van der Waals surface area (Å²) < 4.78 is 1.25. The first-order chi connectivity index (χ1) is 13.8. The van der Waals surface area contributed by atoms with Crippen LogP contribution in [0.25, 0.3) is 0 Å². The number of hydrogen-bond acceptors (Lipinski definition) is 4. The average molecular weight is 443 g/mol. The van der Waals surface area contributed by atoms with Gasteiger partial charge in [0.15, 0.2) is 0 Å². The largest absolute Gasteiger partial charge is 0.113 e. The minimum Gasteiger partial charge on any atom is -0.113 e. The highest BCUT2D eigenvalue weighted by molar-refractivity contribution is 8.29. The molecule has 0 amide bonds. The predicted octanol–water partition coefficient (Wildman–Crippen LogP) is 8.33. The molecule has 0 saturated heterocycles. The molecule has 0 saturated carbocycles. The van der Waals surface area contributed by atoms with E-state index in [0.717, 1.165) is 12.8 Å². The molecule has 0 atom stereocenters. The summed E-state index contributed by atoms with van der Waals surface area (Å²) in [5.41, 5.74) is 2.84. The zero-order chi connectivity index (χ0) is 19.3. The van der Waals surface area contributed by atoms with Gasteiger partial charge >= 0.3 is 0 Å². The van der Waals surface area contributed by atoms with Crippen molar-refractivity contribution in [3.8, 4) is 0 Å². The third kappa shape index (κ3) is 4.89. The van der Waals surface area contributed by atoms with Gasteiger partial charge in [0.2, 0.25) is 0 Å². The van der Waals surface area contributed by atoms with Gasteiger partial charge in [-0.3, -0.25) is 0 Å². The van der Waals surface area contributed by atoms with Crippen LogP contribution in [0.5, 0.6) is 0 Å². The Morgan fingerprint density at radius 1 is 0.536 bits per heavy atom. The van der Waals surface area contributed by atoms with E-state index in [0.29, 0.717) is 9.16 Å². The lowest BCUT2D eigenvalue weighted by Crippen LogP contribution is -2.08. The van der Waals surface area contributed by atoms with Crippen LogP contribution in [0.1, 0.15) is 37.8 Å². The molecule has 0 aliphatic carbocycles. The number of benzene rings is 2. The Kier molecular flexibility index (Phi) is 7.27. The molecule has 2 aromatic rings. The van der Waals surface area contributed by atoms with Crippen LogP contribution in [0, 0.1) is 0 Å². The van der Waals surface area contributed by atoms with E-state index in [4.69, 9.17) is 0 Å². The van der Waals surface area contributed by atoms with Gasteiger partial charge in [-0.15, -0.1) is 47.0 Å². The first-order valence-corrected chi connectivity index (χ1v) is 13.5. The van der Waals surface area contributed by atoms with Crippen molar-refractivity contribution in [1.29, 1.82) is 0 Å². The lowest BCUT2D eigenvalue weighted by atomic mass is 10.1. The molecule has 0 N–H and O–H groups in total. The van der Waals surface area contributed by atoms with Crippen molar-refractivity contribution in [2.75, 3.05) is 0 Å². The molecule has 2 heterocycles. The zero-order valence-corrected chi connectivity index (χ0v) is 19.7. The molecule has 2 aliphatic rings. The van der Waals surface area contributed by atoms with E-state index < -0.39 is 0 Å². The Balaban J connectivity index is 1.52. The second-order valence-electron chi connectivity index (χ2n) is 6.93. The van der Waals surface area contributed by atoms with Crippen LogP contribution < -0.4 is 0 Å². The van der Waals surface area contributed by atoms with Crippen molar-refractivity contribution in [3.63, 3.8) is 0 Å². The monoisotopic (exact) mass is 442 g/mol. The van der Waals surface area contributed by atoms with Gasteiger partial charge < -0.3 is 0 Å². The molecule has 4 rings (SSSR count). The summed E-state index contributed by atoms with van der Waals surface area (Å²) in [6.07, 6.45) is 4.49. The van der Waals surface area contributed by atoms with Crippen LogP contribution in [-0.4, -0.2) is 9.16 Å². The van der Waals surface area contributed by atoms with Crippen LogP contribution in [0.15, 0.2) is 80.3 Å². The lowest BCUT2D eigenvalue weighted by Gasteiger charge is -2.17. The number of thioether (sulfide) groups is 4. The van der Waals surface area contributed by atoms with Gasteiger partial charge in [-0.1, -0.05) is 74.5 Å². The highest BCUT2D eigenvalue weighted by Gasteiger charge is 2.37. The van der Waals surface area contributed by atoms with E-state index in [9.17, 15) is 0 Å². The van der Waals surface area contributed by atoms with Gasteiger partial charge in [0.05, 0.1) is 9.16 Å². The third-order valence-corrected chi connectivity index (χ3v) is 12.0. The maximum Gasteiger partial charge on any atom is 0.0807 e. The van der Waals surface area contributed by atoms with E-state index in [1.54, 1.807) is 19.6 Å². The van der Waals surface area contributed by atoms with Gasteiger partial charge in [-0.05, 0) is 33.8 Å². The fourth-order valence-corrected chi connectivity index (χ4v) is 10.5. The minimum atomic E-state index is 0.609. The Morgan fingerprint density at radius 2 is 0.893 bits per heavy atom. The predicted molar refractivity (Wildman–Crippen MR) is 133 cm³/mol. The normalized spacial score (nSPS) is 18.5. The van der Waals surface area contributed by atoms with Crippen molar-refractivity contribution >= 4 is 47.0 Å². The zero-order valence-electron chi connectivity index (χ0n) is 16.4. The van der Waals surface area contributed by atoms with Crippen LogP contribution in [-0.2, 0) is 12.8 Å². The molecular formula is C24H26S4. The highest BCUT2D eigenvalue weighted by Crippen LogP contribution is 2.59. The minimum absolute atomic E-state index is 0.609. The van der Waals surface area contributed by atoms with Gasteiger partial charge in [0.25, 0.3) is 0 Å². The van der Waals surface area contributed by atoms with Crippen molar-refractivity contribution in [3.05, 3.63) is 91.4 Å². The van der Waals surface area contributed by atoms with Crippen molar-refractivity contribution in [2.45, 2.75) is 48.7 Å². The Morgan fingerprint density at radius 3 is 1.25 bits per heavy atom. The summed E-state index contributed by atoms with van der Waals surface area (Å²) >= 11 is 8.52. The van der Waals surface area contributed by atoms with Crippen molar-refractivity contribution in [2.24, 2.45) is 0 Å². The maximum atomic E-state index is 2.30. The summed E-state index contributed by atoms with van der Waals surface area (Å²) in [5.74, 6) is 0. The maximum absolute atomic E-state index is 2.30. The van der Waals surface area contributed by atoms with Crippen LogP contribution in [0.2, 0.25) is 0 Å². The number of hydrogen-bond donors (Lipinski definition) is 0. The van der Waals surface area contributed by atoms with Crippen LogP contribution in [0.3, 0.4) is 0 Å². The third-order valence-electron chi connectivity index (χ3n) is 4.94. The Bertz CT molecular complexity index is 785. The molecule has 0 bridgehead atoms. The fourth-order valence-electron chi connectivity index (χ4n) is 3.50. The van der Waals surface area contributed by atoms with Crippen LogP contribution >= 0.6 is 47.0 Å². The second-order valence-corrected chi connectivity index (χ2v) is 12.5. The molecule has 28 heavy (non-hydrogen) atoms. The van der Waals surface area contributed by atoms with Crippen LogP contribution in [0.4, 0.5) is 0 Å². The molecule has 0 aromatic heterocycles. The van der Waals surface area contributed by atoms with Crippen molar-refractivity contribution in [1.82, 2.24) is 0 Å². The lowest BCUT2D eigenvalue weighted by molar-refractivity contribution is 1.12. The van der Waals surface area contributed by atoms with E-state index in [-0.39, 0.29) is 0 Å². The van der Waals surface area contributed by atoms with E-state index in [1.807, 2.05) is 0 Å². The summed E-state index contributed by atoms with van der Waals surface area (Å²) in [6.45, 7) is 4.60. The molecular weight excluding hydrogens is 417 g/mol. The highest BCUT2D eigenvalue weighted by atomic mass is 32.2. The van der Waals surface area contributed by atoms with E-state index in [1.165, 1.54) is 24.0 Å². The SMILES string of the molecule is CCC1=C(CC)SC(C2SC(Cc3ccccc3)=C(Cc3ccccc3)S2)S1. The second kappa shape index (κ2) is 9.88. The molecule has 146 valence electrons. The topological polar surface area (TPSA) is 0 Å². The summed E-state index contributed by atoms with van der Waals surface area (Å²) in [4.78, 5) is 6.41. The molecule has 0 unspecified atom stereocenters. The Labute approximate surface area is 186 Å². The molecule has 2 aromatic carbocycles. The summed E-state index contributed by atoms with van der Waals surface area (Å²) in [7, 11) is 0. The molecule has 0 radical (unpaired) electrons. The number of allylic oxidation sites excluding steroid dienone is 4. The summed E-state index contributed by atoms with van der Waals surface area (Å²) in [6, 6.07) is 21.9. The number of rotatable bonds is 7. The van der Waals surface area contributed by atoms with Crippen molar-refractivity contribution < 1.29 is 0 Å². The summed E-state index contributed by atoms with van der Waals surface area (Å²) in [5, 5.41) is 0. The van der Waals surface area contributed by atoms with Gasteiger partial charge in [0.1, 0.15) is 0 Å². The van der Waals surface area contributed by atoms with E-state index in [2.05, 4.69) is 122 Å². The quantitative estimate of drug-likeness (QED) is 0.422. The Hall–Kier alpha value is -0.680. The van der Waals surface area contributed by atoms with E-state index >= 15 is 0 Å². The first kappa shape index (κ1) is 20.6. The molecule has 2 aliphatic heterocycles. The van der Waals surface area contributed by atoms with Gasteiger partial charge in [-0.25, -0.2) is 0 Å². The molecule has 4 heteroatoms.